The number of piperidine rings is 1. The Bertz CT molecular complexity index is 1610. The predicted molar refractivity (Wildman–Crippen MR) is 160 cm³/mol. The van der Waals surface area contributed by atoms with Gasteiger partial charge in [-0.3, -0.25) is 9.59 Å². The number of ether oxygens (including phenoxy) is 2. The minimum Gasteiger partial charge on any atom is -0.494 e. The molecule has 0 radical (unpaired) electrons. The first-order valence-corrected chi connectivity index (χ1v) is 15.0. The van der Waals surface area contributed by atoms with Gasteiger partial charge >= 0.3 is 6.09 Å². The highest BCUT2D eigenvalue weighted by molar-refractivity contribution is 6.00. The molecule has 1 saturated heterocycles. The van der Waals surface area contributed by atoms with E-state index in [4.69, 9.17) is 14.5 Å². The van der Waals surface area contributed by atoms with E-state index in [-0.39, 0.29) is 23.4 Å². The zero-order chi connectivity index (χ0) is 29.9. The molecule has 1 aromatic carbocycles. The Hall–Kier alpha value is -3.82. The molecule has 6 rings (SSSR count). The van der Waals surface area contributed by atoms with Gasteiger partial charge < -0.3 is 28.8 Å². The first kappa shape index (κ1) is 28.3. The summed E-state index contributed by atoms with van der Waals surface area (Å²) in [5.41, 5.74) is 2.87. The fourth-order valence-corrected chi connectivity index (χ4v) is 6.79. The molecule has 1 N–H and O–H groups in total. The highest BCUT2D eigenvalue weighted by Crippen LogP contribution is 2.43. The molecule has 1 aliphatic heterocycles. The Kier molecular flexibility index (Phi) is 7.06. The number of nitrogens with zero attached hydrogens (tertiary/aromatic N) is 4. The first-order chi connectivity index (χ1) is 19.9. The third kappa shape index (κ3) is 5.16. The van der Waals surface area contributed by atoms with Crippen LogP contribution >= 0.6 is 0 Å². The summed E-state index contributed by atoms with van der Waals surface area (Å²) in [6.45, 7) is 9.20. The number of amides is 2. The maximum atomic E-state index is 13.9. The van der Waals surface area contributed by atoms with Crippen molar-refractivity contribution in [1.82, 2.24) is 24.3 Å². The van der Waals surface area contributed by atoms with E-state index in [0.717, 1.165) is 36.9 Å². The largest absolute Gasteiger partial charge is 0.494 e. The quantitative estimate of drug-likeness (QED) is 0.445. The van der Waals surface area contributed by atoms with Crippen molar-refractivity contribution in [2.45, 2.75) is 71.6 Å². The van der Waals surface area contributed by atoms with Gasteiger partial charge in [-0.2, -0.15) is 0 Å². The number of aryl methyl sites for hydroxylation is 2. The molecule has 3 aromatic rings. The molecule has 3 fully saturated rings. The number of carbonyl (C=O) groups excluding carboxylic acids is 2. The van der Waals surface area contributed by atoms with Crippen LogP contribution in [-0.4, -0.2) is 62.9 Å². The van der Waals surface area contributed by atoms with Crippen LogP contribution in [0.15, 0.2) is 29.1 Å². The summed E-state index contributed by atoms with van der Waals surface area (Å²) in [4.78, 5) is 46.2. The number of aromatic nitrogens is 3. The summed E-state index contributed by atoms with van der Waals surface area (Å²) >= 11 is 0. The molecular weight excluding hydrogens is 534 g/mol. The molecule has 0 unspecified atom stereocenters. The smallest absolute Gasteiger partial charge is 0.407 e. The van der Waals surface area contributed by atoms with E-state index in [2.05, 4.69) is 5.32 Å². The molecule has 10 heteroatoms. The normalized spacial score (nSPS) is 21.7. The van der Waals surface area contributed by atoms with E-state index in [0.29, 0.717) is 59.7 Å². The molecular formula is C32H41N5O5. The maximum Gasteiger partial charge on any atom is 0.407 e. The van der Waals surface area contributed by atoms with Crippen molar-refractivity contribution in [3.05, 3.63) is 45.7 Å². The zero-order valence-electron chi connectivity index (χ0n) is 25.4. The highest BCUT2D eigenvalue weighted by Gasteiger charge is 2.48. The van der Waals surface area contributed by atoms with Crippen LogP contribution in [0.3, 0.4) is 0 Å². The Labute approximate surface area is 246 Å². The van der Waals surface area contributed by atoms with Gasteiger partial charge in [-0.15, -0.1) is 0 Å². The summed E-state index contributed by atoms with van der Waals surface area (Å²) in [7, 11) is 3.52. The standard InChI is InChI=1S/C32H41N5O5/c1-18-7-11-25(36(29(18)38)16-19-8-9-19)28-34-23-13-21(14-26(41-6)27(23)35(28)5)30(39)37-17-20-10-12-24(37)22(20)15-33-31(40)42-32(2,3)4/h7,11,13-14,19-20,22,24H,8-10,12,15-17H2,1-6H3,(H,33,40)/t20-,22-,24-/m1/s1. The molecule has 42 heavy (non-hydrogen) atoms. The Balaban J connectivity index is 1.28. The van der Waals surface area contributed by atoms with E-state index in [1.54, 1.807) is 13.2 Å². The van der Waals surface area contributed by atoms with Gasteiger partial charge in [0, 0.05) is 49.8 Å². The number of likely N-dealkylation sites (tertiary alicyclic amines) is 1. The third-order valence-corrected chi connectivity index (χ3v) is 9.04. The lowest BCUT2D eigenvalue weighted by atomic mass is 9.98. The monoisotopic (exact) mass is 575 g/mol. The van der Waals surface area contributed by atoms with Crippen molar-refractivity contribution in [2.24, 2.45) is 24.8 Å². The Morgan fingerprint density at radius 2 is 1.88 bits per heavy atom. The fourth-order valence-electron chi connectivity index (χ4n) is 6.79. The lowest BCUT2D eigenvalue weighted by Crippen LogP contribution is -2.41. The van der Waals surface area contributed by atoms with Gasteiger partial charge in [0.25, 0.3) is 11.5 Å². The van der Waals surface area contributed by atoms with Crippen molar-refractivity contribution in [1.29, 1.82) is 0 Å². The highest BCUT2D eigenvalue weighted by atomic mass is 16.6. The van der Waals surface area contributed by atoms with Crippen LogP contribution in [0.1, 0.15) is 62.4 Å². The van der Waals surface area contributed by atoms with E-state index in [9.17, 15) is 14.4 Å². The third-order valence-electron chi connectivity index (χ3n) is 9.04. The van der Waals surface area contributed by atoms with Crippen molar-refractivity contribution in [2.75, 3.05) is 20.2 Å². The lowest BCUT2D eigenvalue weighted by Gasteiger charge is -2.28. The second-order valence-electron chi connectivity index (χ2n) is 13.2. The number of fused-ring (bicyclic) bond motifs is 3. The average molecular weight is 576 g/mol. The van der Waals surface area contributed by atoms with Gasteiger partial charge in [0.1, 0.15) is 16.9 Å². The van der Waals surface area contributed by atoms with E-state index in [1.165, 1.54) is 0 Å². The van der Waals surface area contributed by atoms with Crippen LogP contribution in [-0.2, 0) is 18.3 Å². The number of nitrogens with one attached hydrogen (secondary N) is 1. The summed E-state index contributed by atoms with van der Waals surface area (Å²) < 4.78 is 15.0. The lowest BCUT2D eigenvalue weighted by molar-refractivity contribution is 0.0515. The summed E-state index contributed by atoms with van der Waals surface area (Å²) in [6, 6.07) is 7.50. The maximum absolute atomic E-state index is 13.9. The topological polar surface area (TPSA) is 108 Å². The second kappa shape index (κ2) is 10.5. The van der Waals surface area contributed by atoms with Crippen LogP contribution in [0.5, 0.6) is 5.75 Å². The molecule has 3 aliphatic rings. The molecule has 224 valence electrons. The van der Waals surface area contributed by atoms with Gasteiger partial charge in [-0.1, -0.05) is 6.07 Å². The molecule has 2 aliphatic carbocycles. The van der Waals surface area contributed by atoms with E-state index >= 15 is 0 Å². The van der Waals surface area contributed by atoms with Gasteiger partial charge in [-0.05, 0) is 83.4 Å². The number of pyridine rings is 1. The Morgan fingerprint density at radius 3 is 2.57 bits per heavy atom. The molecule has 2 saturated carbocycles. The molecule has 10 nitrogen and oxygen atoms in total. The van der Waals surface area contributed by atoms with Crippen LogP contribution < -0.4 is 15.6 Å². The zero-order valence-corrected chi connectivity index (χ0v) is 25.4. The minimum absolute atomic E-state index is 0.00841. The number of methoxy groups -OCH3 is 1. The molecule has 3 atom stereocenters. The van der Waals surface area contributed by atoms with Crippen LogP contribution in [0.4, 0.5) is 4.79 Å². The molecule has 3 heterocycles. The summed E-state index contributed by atoms with van der Waals surface area (Å²) in [6.07, 6.45) is 3.80. The number of alkyl carbamates (subject to hydrolysis) is 1. The predicted octanol–water partition coefficient (Wildman–Crippen LogP) is 4.50. The minimum atomic E-state index is -0.558. The number of carbonyl (C=O) groups is 2. The summed E-state index contributed by atoms with van der Waals surface area (Å²) in [5, 5.41) is 2.92. The van der Waals surface area contributed by atoms with Gasteiger partial charge in [0.2, 0.25) is 0 Å². The summed E-state index contributed by atoms with van der Waals surface area (Å²) in [5.74, 6) is 2.23. The van der Waals surface area contributed by atoms with Gasteiger partial charge in [-0.25, -0.2) is 9.78 Å². The van der Waals surface area contributed by atoms with E-state index < -0.39 is 11.7 Å². The van der Waals surface area contributed by atoms with Crippen molar-refractivity contribution < 1.29 is 19.1 Å². The number of hydrogen-bond donors (Lipinski definition) is 1. The molecule has 2 bridgehead atoms. The Morgan fingerprint density at radius 1 is 1.12 bits per heavy atom. The molecule has 0 spiro atoms. The van der Waals surface area contributed by atoms with Crippen LogP contribution in [0, 0.1) is 24.7 Å². The second-order valence-corrected chi connectivity index (χ2v) is 13.2. The van der Waals surface area contributed by atoms with E-state index in [1.807, 2.05) is 67.0 Å². The SMILES string of the molecule is COc1cc(C(=O)N2C[C@H]3CC[C@@H]2[C@@H]3CNC(=O)OC(C)(C)C)cc2nc(-c3ccc(C)c(=O)n3CC3CC3)n(C)c12. The molecule has 2 amide bonds. The number of imidazole rings is 1. The van der Waals surface area contributed by atoms with Gasteiger partial charge in [0.05, 0.1) is 18.3 Å². The van der Waals surface area contributed by atoms with Crippen LogP contribution in [0.2, 0.25) is 0 Å². The first-order valence-electron chi connectivity index (χ1n) is 15.0. The van der Waals surface area contributed by atoms with Crippen molar-refractivity contribution >= 4 is 23.0 Å². The number of benzene rings is 1. The van der Waals surface area contributed by atoms with Gasteiger partial charge in [0.15, 0.2) is 5.82 Å². The number of rotatable bonds is 7. The van der Waals surface area contributed by atoms with Crippen LogP contribution in [0.25, 0.3) is 22.6 Å². The van der Waals surface area contributed by atoms with Crippen molar-refractivity contribution in [3.63, 3.8) is 0 Å². The average Bonchev–Trinajstić information content (AvgIpc) is 3.46. The fraction of sp³-hybridized carbons (Fsp3) is 0.562. The van der Waals surface area contributed by atoms with Crippen molar-refractivity contribution in [3.8, 4) is 17.3 Å². The molecule has 2 aromatic heterocycles. The number of hydrogen-bond acceptors (Lipinski definition) is 6.